The summed E-state index contributed by atoms with van der Waals surface area (Å²) in [6.07, 6.45) is 0. The molecule has 2 aromatic carbocycles. The first-order valence-electron chi connectivity index (χ1n) is 9.57. The Kier molecular flexibility index (Phi) is 4.62. The number of non-ortho nitro benzene ring substituents is 1. The van der Waals surface area contributed by atoms with E-state index >= 15 is 0 Å². The molecule has 5 rings (SSSR count). The first-order valence-corrected chi connectivity index (χ1v) is 10.4. The van der Waals surface area contributed by atoms with Crippen LogP contribution in [0.1, 0.15) is 10.4 Å². The van der Waals surface area contributed by atoms with Crippen LogP contribution in [0.4, 0.5) is 10.8 Å². The Hall–Kier alpha value is -3.40. The number of piperazine rings is 1. The van der Waals surface area contributed by atoms with Crippen LogP contribution in [0, 0.1) is 10.1 Å². The van der Waals surface area contributed by atoms with Gasteiger partial charge in [0, 0.05) is 43.9 Å². The number of amides is 1. The van der Waals surface area contributed by atoms with E-state index in [1.54, 1.807) is 30.3 Å². The lowest BCUT2D eigenvalue weighted by atomic mass is 10.1. The lowest BCUT2D eigenvalue weighted by Gasteiger charge is -2.34. The minimum Gasteiger partial charge on any atom is -0.486 e. The molecule has 10 heteroatoms. The molecule has 2 aliphatic rings. The van der Waals surface area contributed by atoms with Gasteiger partial charge in [0.05, 0.1) is 15.1 Å². The molecule has 3 heterocycles. The molecule has 0 aliphatic carbocycles. The van der Waals surface area contributed by atoms with E-state index in [0.29, 0.717) is 56.5 Å². The normalized spacial score (nSPS) is 16.0. The van der Waals surface area contributed by atoms with Crippen LogP contribution >= 0.6 is 11.3 Å². The predicted molar refractivity (Wildman–Crippen MR) is 112 cm³/mol. The predicted octanol–water partition coefficient (Wildman–Crippen LogP) is 2.94. The van der Waals surface area contributed by atoms with Crippen molar-refractivity contribution in [2.45, 2.75) is 0 Å². The van der Waals surface area contributed by atoms with Gasteiger partial charge in [-0.15, -0.1) is 0 Å². The Morgan fingerprint density at radius 2 is 1.80 bits per heavy atom. The monoisotopic (exact) mass is 426 g/mol. The molecule has 2 aliphatic heterocycles. The van der Waals surface area contributed by atoms with Crippen LogP contribution in [0.5, 0.6) is 11.5 Å². The summed E-state index contributed by atoms with van der Waals surface area (Å²) in [5.74, 6) is 1.24. The van der Waals surface area contributed by atoms with Gasteiger partial charge in [0.15, 0.2) is 16.6 Å². The van der Waals surface area contributed by atoms with Gasteiger partial charge in [0.2, 0.25) is 0 Å². The van der Waals surface area contributed by atoms with Gasteiger partial charge in [-0.3, -0.25) is 14.9 Å². The summed E-state index contributed by atoms with van der Waals surface area (Å²) >= 11 is 1.43. The molecule has 1 saturated heterocycles. The second kappa shape index (κ2) is 7.45. The Labute approximate surface area is 175 Å². The van der Waals surface area contributed by atoms with Crippen molar-refractivity contribution >= 4 is 38.3 Å². The lowest BCUT2D eigenvalue weighted by Crippen LogP contribution is -2.48. The molecular weight excluding hydrogens is 408 g/mol. The first-order chi connectivity index (χ1) is 14.6. The van der Waals surface area contributed by atoms with E-state index < -0.39 is 4.92 Å². The topological polar surface area (TPSA) is 98.0 Å². The zero-order valence-electron chi connectivity index (χ0n) is 15.9. The highest BCUT2D eigenvalue weighted by Crippen LogP contribution is 2.33. The fraction of sp³-hybridized carbons (Fsp3) is 0.300. The van der Waals surface area contributed by atoms with Crippen molar-refractivity contribution in [3.8, 4) is 11.5 Å². The molecule has 3 aromatic rings. The standard InChI is InChI=1S/C20H18N4O5S/c25-19(13-1-4-16-17(11-13)29-10-9-28-16)22-5-7-23(8-6-22)20-21-15-3-2-14(24(26)27)12-18(15)30-20/h1-4,11-12H,5-10H2. The molecule has 0 N–H and O–H groups in total. The van der Waals surface area contributed by atoms with Crippen molar-refractivity contribution in [2.24, 2.45) is 0 Å². The van der Waals surface area contributed by atoms with Gasteiger partial charge < -0.3 is 19.3 Å². The maximum atomic E-state index is 12.9. The number of nitro groups is 1. The number of thiazole rings is 1. The first kappa shape index (κ1) is 18.6. The van der Waals surface area contributed by atoms with E-state index in [2.05, 4.69) is 9.88 Å². The van der Waals surface area contributed by atoms with Crippen LogP contribution in [0.3, 0.4) is 0 Å². The number of hydrogen-bond donors (Lipinski definition) is 0. The van der Waals surface area contributed by atoms with Crippen molar-refractivity contribution in [1.29, 1.82) is 0 Å². The third-order valence-corrected chi connectivity index (χ3v) is 6.28. The summed E-state index contributed by atoms with van der Waals surface area (Å²) in [6, 6.07) is 9.98. The number of carbonyl (C=O) groups is 1. The van der Waals surface area contributed by atoms with E-state index in [9.17, 15) is 14.9 Å². The number of anilines is 1. The quantitative estimate of drug-likeness (QED) is 0.469. The number of aromatic nitrogens is 1. The molecule has 0 radical (unpaired) electrons. The molecule has 1 aromatic heterocycles. The van der Waals surface area contributed by atoms with Crippen LogP contribution < -0.4 is 14.4 Å². The second-order valence-corrected chi connectivity index (χ2v) is 8.05. The fourth-order valence-electron chi connectivity index (χ4n) is 3.61. The highest BCUT2D eigenvalue weighted by molar-refractivity contribution is 7.22. The third-order valence-electron chi connectivity index (χ3n) is 5.20. The van der Waals surface area contributed by atoms with E-state index in [1.165, 1.54) is 17.4 Å². The van der Waals surface area contributed by atoms with Gasteiger partial charge in [-0.25, -0.2) is 4.98 Å². The number of nitrogens with zero attached hydrogens (tertiary/aromatic N) is 4. The molecule has 1 amide bonds. The number of hydrogen-bond acceptors (Lipinski definition) is 8. The number of rotatable bonds is 3. The zero-order valence-corrected chi connectivity index (χ0v) is 16.8. The molecule has 9 nitrogen and oxygen atoms in total. The van der Waals surface area contributed by atoms with Crippen molar-refractivity contribution in [2.75, 3.05) is 44.3 Å². The van der Waals surface area contributed by atoms with Crippen LogP contribution in [0.15, 0.2) is 36.4 Å². The van der Waals surface area contributed by atoms with Crippen molar-refractivity contribution in [1.82, 2.24) is 9.88 Å². The largest absolute Gasteiger partial charge is 0.486 e. The molecule has 0 bridgehead atoms. The fourth-order valence-corrected chi connectivity index (χ4v) is 4.66. The Balaban J connectivity index is 1.27. The van der Waals surface area contributed by atoms with Gasteiger partial charge in [0.1, 0.15) is 13.2 Å². The maximum Gasteiger partial charge on any atom is 0.270 e. The van der Waals surface area contributed by atoms with Crippen LogP contribution in [0.25, 0.3) is 10.2 Å². The summed E-state index contributed by atoms with van der Waals surface area (Å²) in [4.78, 5) is 32.0. The zero-order chi connectivity index (χ0) is 20.7. The van der Waals surface area contributed by atoms with Gasteiger partial charge >= 0.3 is 0 Å². The van der Waals surface area contributed by atoms with Crippen molar-refractivity contribution in [3.05, 3.63) is 52.1 Å². The van der Waals surface area contributed by atoms with E-state index in [4.69, 9.17) is 9.47 Å². The number of benzene rings is 2. The van der Waals surface area contributed by atoms with Crippen LogP contribution in [0.2, 0.25) is 0 Å². The number of nitro benzene ring substituents is 1. The molecule has 30 heavy (non-hydrogen) atoms. The number of fused-ring (bicyclic) bond motifs is 2. The minimum absolute atomic E-state index is 0.0356. The van der Waals surface area contributed by atoms with Crippen molar-refractivity contribution in [3.63, 3.8) is 0 Å². The molecule has 0 unspecified atom stereocenters. The average molecular weight is 426 g/mol. The summed E-state index contributed by atoms with van der Waals surface area (Å²) in [5, 5.41) is 11.8. The molecular formula is C20H18N4O5S. The average Bonchev–Trinajstić information content (AvgIpc) is 3.22. The number of ether oxygens (including phenoxy) is 2. The van der Waals surface area contributed by atoms with Gasteiger partial charge in [-0.05, 0) is 24.3 Å². The molecule has 0 spiro atoms. The van der Waals surface area contributed by atoms with E-state index in [-0.39, 0.29) is 11.6 Å². The molecule has 0 atom stereocenters. The Morgan fingerprint density at radius 1 is 1.03 bits per heavy atom. The van der Waals surface area contributed by atoms with Gasteiger partial charge in [0.25, 0.3) is 11.6 Å². The Bertz CT molecular complexity index is 1140. The highest BCUT2D eigenvalue weighted by Gasteiger charge is 2.25. The summed E-state index contributed by atoms with van der Waals surface area (Å²) in [5.41, 5.74) is 1.39. The summed E-state index contributed by atoms with van der Waals surface area (Å²) < 4.78 is 11.9. The van der Waals surface area contributed by atoms with Crippen LogP contribution in [-0.4, -0.2) is 60.1 Å². The minimum atomic E-state index is -0.402. The SMILES string of the molecule is O=C(c1ccc2c(c1)OCCO2)N1CCN(c2nc3ccc([N+](=O)[O-])cc3s2)CC1. The maximum absolute atomic E-state index is 12.9. The summed E-state index contributed by atoms with van der Waals surface area (Å²) in [6.45, 7) is 3.44. The lowest BCUT2D eigenvalue weighted by molar-refractivity contribution is -0.384. The van der Waals surface area contributed by atoms with Crippen LogP contribution in [-0.2, 0) is 0 Å². The number of carbonyl (C=O) groups excluding carboxylic acids is 1. The van der Waals surface area contributed by atoms with Crippen molar-refractivity contribution < 1.29 is 19.2 Å². The van der Waals surface area contributed by atoms with E-state index in [0.717, 1.165) is 15.3 Å². The summed E-state index contributed by atoms with van der Waals surface area (Å²) in [7, 11) is 0. The highest BCUT2D eigenvalue weighted by atomic mass is 32.1. The third kappa shape index (κ3) is 3.39. The second-order valence-electron chi connectivity index (χ2n) is 7.04. The Morgan fingerprint density at radius 3 is 2.57 bits per heavy atom. The molecule has 154 valence electrons. The molecule has 1 fully saturated rings. The molecule has 0 saturated carbocycles. The smallest absolute Gasteiger partial charge is 0.270 e. The van der Waals surface area contributed by atoms with Gasteiger partial charge in [-0.1, -0.05) is 11.3 Å². The van der Waals surface area contributed by atoms with E-state index in [1.807, 2.05) is 4.90 Å². The van der Waals surface area contributed by atoms with Gasteiger partial charge in [-0.2, -0.15) is 0 Å².